The van der Waals surface area contributed by atoms with Crippen molar-refractivity contribution in [3.63, 3.8) is 0 Å². The summed E-state index contributed by atoms with van der Waals surface area (Å²) in [7, 11) is 0. The van der Waals surface area contributed by atoms with E-state index in [0.29, 0.717) is 19.6 Å². The van der Waals surface area contributed by atoms with Gasteiger partial charge in [0.1, 0.15) is 18.1 Å². The van der Waals surface area contributed by atoms with Gasteiger partial charge in [-0.2, -0.15) is 4.98 Å². The van der Waals surface area contributed by atoms with Crippen molar-refractivity contribution in [2.45, 2.75) is 24.9 Å². The van der Waals surface area contributed by atoms with E-state index < -0.39 is 24.1 Å². The Bertz CT molecular complexity index is 478. The number of hydrogen-bond acceptors (Lipinski definition) is 7. The van der Waals surface area contributed by atoms with Gasteiger partial charge in [0.05, 0.1) is 19.3 Å². The van der Waals surface area contributed by atoms with Gasteiger partial charge in [0.15, 0.2) is 0 Å². The highest BCUT2D eigenvalue weighted by atomic mass is 16.6. The summed E-state index contributed by atoms with van der Waals surface area (Å²) < 4.78 is 12.1. The summed E-state index contributed by atoms with van der Waals surface area (Å²) in [6.45, 7) is 1.06. The molecule has 1 fully saturated rings. The topological polar surface area (TPSA) is 126 Å². The third-order valence-corrected chi connectivity index (χ3v) is 2.91. The van der Waals surface area contributed by atoms with E-state index in [2.05, 4.69) is 4.98 Å². The van der Waals surface area contributed by atoms with Crippen LogP contribution in [0, 0.1) is 0 Å². The zero-order valence-electron chi connectivity index (χ0n) is 10.4. The summed E-state index contributed by atoms with van der Waals surface area (Å²) in [5.41, 5.74) is 10.2. The largest absolute Gasteiger partial charge is 0.390 e. The minimum Gasteiger partial charge on any atom is -0.390 e. The minimum atomic E-state index is -0.688. The van der Waals surface area contributed by atoms with Gasteiger partial charge in [-0.25, -0.2) is 4.79 Å². The molecular weight excluding hydrogens is 252 g/mol. The summed E-state index contributed by atoms with van der Waals surface area (Å²) in [4.78, 5) is 15.3. The summed E-state index contributed by atoms with van der Waals surface area (Å²) >= 11 is 0. The predicted octanol–water partition coefficient (Wildman–Crippen LogP) is -1.55. The average molecular weight is 270 g/mol. The Morgan fingerprint density at radius 1 is 1.63 bits per heavy atom. The molecule has 8 nitrogen and oxygen atoms in total. The van der Waals surface area contributed by atoms with Crippen molar-refractivity contribution < 1.29 is 14.6 Å². The van der Waals surface area contributed by atoms with Crippen molar-refractivity contribution in [2.24, 2.45) is 5.73 Å². The smallest absolute Gasteiger partial charge is 0.351 e. The Labute approximate surface area is 109 Å². The van der Waals surface area contributed by atoms with Gasteiger partial charge in [0.2, 0.25) is 0 Å². The number of rotatable bonds is 5. The highest BCUT2D eigenvalue weighted by Crippen LogP contribution is 2.27. The molecule has 0 aliphatic carbocycles. The van der Waals surface area contributed by atoms with Crippen LogP contribution in [-0.2, 0) is 9.47 Å². The highest BCUT2D eigenvalue weighted by molar-refractivity contribution is 5.23. The van der Waals surface area contributed by atoms with Gasteiger partial charge in [0.25, 0.3) is 0 Å². The van der Waals surface area contributed by atoms with Crippen LogP contribution < -0.4 is 17.2 Å². The van der Waals surface area contributed by atoms with Gasteiger partial charge < -0.3 is 26.0 Å². The Hall–Kier alpha value is -1.48. The highest BCUT2D eigenvalue weighted by Gasteiger charge is 2.35. The molecule has 106 valence electrons. The summed E-state index contributed by atoms with van der Waals surface area (Å²) in [6, 6.07) is 1.51. The van der Waals surface area contributed by atoms with Crippen LogP contribution in [0.2, 0.25) is 0 Å². The second-order valence-corrected chi connectivity index (χ2v) is 4.34. The Kier molecular flexibility index (Phi) is 4.48. The third kappa shape index (κ3) is 3.29. The number of aromatic nitrogens is 2. The molecule has 1 aliphatic rings. The molecule has 0 saturated carbocycles. The van der Waals surface area contributed by atoms with E-state index in [1.165, 1.54) is 16.8 Å². The number of aliphatic hydroxyl groups is 1. The molecule has 2 rings (SSSR count). The molecule has 0 aromatic carbocycles. The molecule has 0 spiro atoms. The van der Waals surface area contributed by atoms with E-state index in [0.717, 1.165) is 0 Å². The van der Waals surface area contributed by atoms with Gasteiger partial charge in [-0.05, 0) is 6.07 Å². The second-order valence-electron chi connectivity index (χ2n) is 4.34. The molecule has 1 aromatic heterocycles. The van der Waals surface area contributed by atoms with Crippen LogP contribution in [0.4, 0.5) is 5.82 Å². The average Bonchev–Trinajstić information content (AvgIpc) is 2.71. The van der Waals surface area contributed by atoms with Gasteiger partial charge in [0, 0.05) is 19.2 Å². The fourth-order valence-electron chi connectivity index (χ4n) is 1.96. The van der Waals surface area contributed by atoms with Crippen LogP contribution >= 0.6 is 0 Å². The van der Waals surface area contributed by atoms with E-state index in [1.807, 2.05) is 0 Å². The Morgan fingerprint density at radius 2 is 2.42 bits per heavy atom. The van der Waals surface area contributed by atoms with Gasteiger partial charge in [-0.1, -0.05) is 0 Å². The normalized spacial score (nSPS) is 26.7. The first-order valence-corrected chi connectivity index (χ1v) is 6.08. The maximum atomic E-state index is 11.7. The van der Waals surface area contributed by atoms with Crippen LogP contribution in [0.5, 0.6) is 0 Å². The standard InChI is InChI=1S/C11H18N4O4/c12-2-4-18-6-8-7(16)5-10(19-8)15-3-1-9(13)14-11(15)17/h1,3,7-8,10,16H,2,4-6,12H2,(H2,13,14,17)/t7-,8+,10+/m0/s1. The van der Waals surface area contributed by atoms with E-state index in [9.17, 15) is 9.90 Å². The zero-order chi connectivity index (χ0) is 13.8. The number of anilines is 1. The lowest BCUT2D eigenvalue weighted by atomic mass is 10.2. The van der Waals surface area contributed by atoms with Crippen LogP contribution in [0.15, 0.2) is 17.1 Å². The van der Waals surface area contributed by atoms with E-state index in [1.54, 1.807) is 0 Å². The molecule has 1 saturated heterocycles. The van der Waals surface area contributed by atoms with Crippen molar-refractivity contribution in [3.05, 3.63) is 22.7 Å². The molecule has 1 aliphatic heterocycles. The SMILES string of the molecule is NCCOC[C@H]1O[C@@H](n2ccc(N)nc2=O)C[C@@H]1O. The lowest BCUT2D eigenvalue weighted by molar-refractivity contribution is -0.0622. The summed E-state index contributed by atoms with van der Waals surface area (Å²) in [6.07, 6.45) is 0.100. The van der Waals surface area contributed by atoms with Gasteiger partial charge in [-0.3, -0.25) is 4.57 Å². The zero-order valence-corrected chi connectivity index (χ0v) is 10.4. The predicted molar refractivity (Wildman–Crippen MR) is 67.3 cm³/mol. The van der Waals surface area contributed by atoms with Crippen LogP contribution in [0.25, 0.3) is 0 Å². The first-order chi connectivity index (χ1) is 9.11. The maximum Gasteiger partial charge on any atom is 0.351 e. The first-order valence-electron chi connectivity index (χ1n) is 6.08. The molecular formula is C11H18N4O4. The quantitative estimate of drug-likeness (QED) is 0.553. The number of ether oxygens (including phenoxy) is 2. The van der Waals surface area contributed by atoms with Crippen molar-refractivity contribution >= 4 is 5.82 Å². The van der Waals surface area contributed by atoms with Gasteiger partial charge in [-0.15, -0.1) is 0 Å². The fraction of sp³-hybridized carbons (Fsp3) is 0.636. The molecule has 0 unspecified atom stereocenters. The van der Waals surface area contributed by atoms with Crippen LogP contribution in [0.3, 0.4) is 0 Å². The number of nitrogens with zero attached hydrogens (tertiary/aromatic N) is 2. The van der Waals surface area contributed by atoms with E-state index >= 15 is 0 Å². The van der Waals surface area contributed by atoms with Crippen LogP contribution in [0.1, 0.15) is 12.6 Å². The number of hydrogen-bond donors (Lipinski definition) is 3. The number of aliphatic hydroxyl groups excluding tert-OH is 1. The van der Waals surface area contributed by atoms with Crippen molar-refractivity contribution in [3.8, 4) is 0 Å². The van der Waals surface area contributed by atoms with E-state index in [4.69, 9.17) is 20.9 Å². The molecule has 0 amide bonds. The molecule has 19 heavy (non-hydrogen) atoms. The summed E-state index contributed by atoms with van der Waals surface area (Å²) in [5.74, 6) is 0.155. The Morgan fingerprint density at radius 3 is 3.11 bits per heavy atom. The first kappa shape index (κ1) is 13.9. The van der Waals surface area contributed by atoms with Crippen molar-refractivity contribution in [1.29, 1.82) is 0 Å². The fourth-order valence-corrected chi connectivity index (χ4v) is 1.96. The Balaban J connectivity index is 2.01. The third-order valence-electron chi connectivity index (χ3n) is 2.91. The molecule has 2 heterocycles. The van der Waals surface area contributed by atoms with Crippen molar-refractivity contribution in [2.75, 3.05) is 25.5 Å². The minimum absolute atomic E-state index is 0.155. The molecule has 0 radical (unpaired) electrons. The maximum absolute atomic E-state index is 11.7. The lowest BCUT2D eigenvalue weighted by Gasteiger charge is -2.15. The lowest BCUT2D eigenvalue weighted by Crippen LogP contribution is -2.29. The second kappa shape index (κ2) is 6.11. The molecule has 3 atom stereocenters. The molecule has 1 aromatic rings. The number of nitrogen functional groups attached to an aromatic ring is 1. The van der Waals surface area contributed by atoms with Gasteiger partial charge >= 0.3 is 5.69 Å². The van der Waals surface area contributed by atoms with Crippen LogP contribution in [-0.4, -0.2) is 46.6 Å². The van der Waals surface area contributed by atoms with E-state index in [-0.39, 0.29) is 12.4 Å². The molecule has 5 N–H and O–H groups in total. The molecule has 8 heteroatoms. The number of nitrogens with two attached hydrogens (primary N) is 2. The van der Waals surface area contributed by atoms with Crippen molar-refractivity contribution in [1.82, 2.24) is 9.55 Å². The monoisotopic (exact) mass is 270 g/mol. The molecule has 0 bridgehead atoms. The summed E-state index contributed by atoms with van der Waals surface area (Å²) in [5, 5.41) is 9.87.